The van der Waals surface area contributed by atoms with E-state index in [1.165, 1.54) is 0 Å². The summed E-state index contributed by atoms with van der Waals surface area (Å²) in [5.41, 5.74) is 0. The summed E-state index contributed by atoms with van der Waals surface area (Å²) in [6.07, 6.45) is 1.90. The van der Waals surface area contributed by atoms with E-state index in [1.807, 2.05) is 15.5 Å². The second-order valence-corrected chi connectivity index (χ2v) is 2.25. The quantitative estimate of drug-likeness (QED) is 0.596. The summed E-state index contributed by atoms with van der Waals surface area (Å²) in [7, 11) is 0. The van der Waals surface area contributed by atoms with E-state index in [1.54, 1.807) is 0 Å². The molecule has 0 nitrogen and oxygen atoms in total. The Bertz CT molecular complexity index is 106. The van der Waals surface area contributed by atoms with E-state index in [2.05, 4.69) is 46.6 Å². The first-order valence-corrected chi connectivity index (χ1v) is 3.71. The first kappa shape index (κ1) is 8.00. The van der Waals surface area contributed by atoms with Gasteiger partial charge < -0.3 is 0 Å². The zero-order valence-corrected chi connectivity index (χ0v) is 7.26. The Balaban J connectivity index is 3.72. The van der Waals surface area contributed by atoms with Gasteiger partial charge in [0.1, 0.15) is 0 Å². The third-order valence-electron chi connectivity index (χ3n) is 0.378. The molecule has 0 aliphatic carbocycles. The maximum atomic E-state index is 4.06. The van der Waals surface area contributed by atoms with Crippen molar-refractivity contribution in [3.05, 3.63) is 11.0 Å². The second-order valence-electron chi connectivity index (χ2n) is 0.870. The molecule has 0 bridgehead atoms. The summed E-state index contributed by atoms with van der Waals surface area (Å²) in [6.45, 7) is 0. The van der Waals surface area contributed by atoms with Crippen LogP contribution in [0.4, 0.5) is 0 Å². The Morgan fingerprint density at radius 2 is 2.00 bits per heavy atom. The Morgan fingerprint density at radius 3 is 2.14 bits per heavy atom. The normalized spacial score (nSPS) is 10.4. The van der Waals surface area contributed by atoms with Gasteiger partial charge in [-0.2, -0.15) is 0 Å². The molecule has 0 radical (unpaired) electrons. The molecule has 0 aromatic carbocycles. The molecule has 0 N–H and O–H groups in total. The van der Waals surface area contributed by atoms with Gasteiger partial charge in [-0.15, -0.1) is 0 Å². The Morgan fingerprint density at radius 1 is 1.43 bits per heavy atom. The molecule has 0 aliphatic rings. The predicted molar refractivity (Wildman–Crippen MR) is 29.2 cm³/mol. The number of allylic oxidation sites excluding steroid dienone is 2. The Labute approximate surface area is 66.8 Å². The van der Waals surface area contributed by atoms with Crippen LogP contribution in [0.25, 0.3) is 0 Å². The molecule has 7 heavy (non-hydrogen) atoms. The summed E-state index contributed by atoms with van der Waals surface area (Å²) in [5, 5.41) is 0. The summed E-state index contributed by atoms with van der Waals surface area (Å²) >= 11 is 8.75. The summed E-state index contributed by atoms with van der Waals surface area (Å²) < 4.78 is 3.76. The van der Waals surface area contributed by atoms with Crippen LogP contribution < -0.4 is 0 Å². The van der Waals surface area contributed by atoms with Crippen molar-refractivity contribution in [3.63, 3.8) is 0 Å². The molecule has 0 unspecified atom stereocenters. The molecule has 0 fully saturated rings. The van der Waals surface area contributed by atoms with Gasteiger partial charge in [0, 0.05) is 0 Å². The third-order valence-corrected chi connectivity index (χ3v) is 1.65. The molecule has 0 amide bonds. The van der Waals surface area contributed by atoms with Crippen LogP contribution in [0.1, 0.15) is 0 Å². The first-order valence-electron chi connectivity index (χ1n) is 1.65. The van der Waals surface area contributed by atoms with E-state index in [4.69, 9.17) is 0 Å². The molecule has 0 rings (SSSR count). The van der Waals surface area contributed by atoms with E-state index in [0.29, 0.717) is 0 Å². The van der Waals surface area contributed by atoms with Crippen LogP contribution in [-0.4, -0.2) is 9.46 Å². The fraction of sp³-hybridized carbons (Fsp3) is 0. The maximum absolute atomic E-state index is 4.06. The summed E-state index contributed by atoms with van der Waals surface area (Å²) in [4.78, 5) is 0.973. The van der Waals surface area contributed by atoms with Crippen molar-refractivity contribution in [3.8, 4) is 0 Å². The van der Waals surface area contributed by atoms with E-state index >= 15 is 0 Å². The van der Waals surface area contributed by atoms with E-state index in [9.17, 15) is 0 Å². The Hall–Kier alpha value is 0.999. The Kier molecular flexibility index (Phi) is 5.88. The molecule has 0 spiro atoms. The monoisotopic (exact) mass is 186 g/mol. The minimum absolute atomic E-state index is 0.973. The molecular formula is C4H4SV2. The fourth-order valence-corrected chi connectivity index (χ4v) is 0.767. The van der Waals surface area contributed by atoms with E-state index in [0.717, 1.165) is 4.91 Å². The molecule has 0 saturated carbocycles. The minimum atomic E-state index is 0.973. The topological polar surface area (TPSA) is 0 Å². The predicted octanol–water partition coefficient (Wildman–Crippen LogP) is 0.498. The van der Waals surface area contributed by atoms with Gasteiger partial charge in [-0.3, -0.25) is 0 Å². The van der Waals surface area contributed by atoms with Crippen molar-refractivity contribution >= 4 is 22.1 Å². The number of rotatable bonds is 2. The van der Waals surface area contributed by atoms with Crippen molar-refractivity contribution in [2.75, 3.05) is 0 Å². The van der Waals surface area contributed by atoms with Crippen LogP contribution >= 0.6 is 12.6 Å². The number of thiol groups is 1. The first-order chi connectivity index (χ1) is 3.31. The van der Waals surface area contributed by atoms with E-state index in [-0.39, 0.29) is 0 Å². The molecule has 3 heteroatoms. The van der Waals surface area contributed by atoms with Crippen LogP contribution in [0, 0.1) is 0 Å². The van der Waals surface area contributed by atoms with Gasteiger partial charge in [-0.1, -0.05) is 0 Å². The molecule has 0 aromatic rings. The second kappa shape index (κ2) is 5.14. The van der Waals surface area contributed by atoms with Crippen LogP contribution in [0.15, 0.2) is 11.0 Å². The molecule has 0 atom stereocenters. The van der Waals surface area contributed by atoms with Gasteiger partial charge in [-0.25, -0.2) is 0 Å². The molecular weight excluding hydrogens is 182 g/mol. The summed E-state index contributed by atoms with van der Waals surface area (Å²) in [5.74, 6) is 0. The standard InChI is InChI=1S/C4H4S.2V/c1-3-4(2)5;;/h1-3,5H;;/b4-3+;;. The summed E-state index contributed by atoms with van der Waals surface area (Å²) in [6, 6.07) is 0. The van der Waals surface area contributed by atoms with Gasteiger partial charge in [0.05, 0.1) is 0 Å². The van der Waals surface area contributed by atoms with E-state index < -0.39 is 0 Å². The average molecular weight is 186 g/mol. The fourth-order valence-electron chi connectivity index (χ4n) is 0.119. The van der Waals surface area contributed by atoms with Gasteiger partial charge in [0.25, 0.3) is 0 Å². The van der Waals surface area contributed by atoms with Crippen molar-refractivity contribution in [2.24, 2.45) is 0 Å². The van der Waals surface area contributed by atoms with Crippen molar-refractivity contribution in [2.45, 2.75) is 0 Å². The molecule has 0 heterocycles. The zero-order valence-electron chi connectivity index (χ0n) is 3.57. The molecule has 36 valence electrons. The molecule has 0 saturated heterocycles. The average Bonchev–Trinajstić information content (AvgIpc) is 1.68. The van der Waals surface area contributed by atoms with Gasteiger partial charge in [0.15, 0.2) is 0 Å². The van der Waals surface area contributed by atoms with Crippen LogP contribution in [0.5, 0.6) is 0 Å². The molecule has 0 aromatic heterocycles. The SMILES string of the molecule is S/C([CH]=[V])=C/[CH]=[V]. The zero-order chi connectivity index (χ0) is 5.70. The van der Waals surface area contributed by atoms with Gasteiger partial charge in [0.2, 0.25) is 0 Å². The third kappa shape index (κ3) is 4.86. The number of hydrogen-bond acceptors (Lipinski definition) is 1. The van der Waals surface area contributed by atoms with Crippen LogP contribution in [0.2, 0.25) is 0 Å². The van der Waals surface area contributed by atoms with Crippen LogP contribution in [0.3, 0.4) is 0 Å². The van der Waals surface area contributed by atoms with Gasteiger partial charge in [-0.05, 0) is 0 Å². The van der Waals surface area contributed by atoms with Crippen molar-refractivity contribution in [1.82, 2.24) is 0 Å². The molecule has 0 aliphatic heterocycles. The van der Waals surface area contributed by atoms with Gasteiger partial charge >= 0.3 is 67.0 Å². The van der Waals surface area contributed by atoms with Crippen molar-refractivity contribution < 1.29 is 34.0 Å². The van der Waals surface area contributed by atoms with Crippen LogP contribution in [-0.2, 0) is 34.0 Å². The van der Waals surface area contributed by atoms with Crippen molar-refractivity contribution in [1.29, 1.82) is 0 Å². The number of hydrogen-bond donors (Lipinski definition) is 1.